The van der Waals surface area contributed by atoms with Crippen LogP contribution in [-0.2, 0) is 10.0 Å². The van der Waals surface area contributed by atoms with E-state index in [1.807, 2.05) is 0 Å². The van der Waals surface area contributed by atoms with E-state index in [9.17, 15) is 22.7 Å². The lowest BCUT2D eigenvalue weighted by Gasteiger charge is -2.20. The Hall–Kier alpha value is -2.29. The van der Waals surface area contributed by atoms with Crippen molar-refractivity contribution in [1.29, 1.82) is 0 Å². The van der Waals surface area contributed by atoms with Gasteiger partial charge in [0.25, 0.3) is 5.91 Å². The fourth-order valence-corrected chi connectivity index (χ4v) is 3.80. The largest absolute Gasteiger partial charge is 0.395 e. The quantitative estimate of drug-likeness (QED) is 0.673. The van der Waals surface area contributed by atoms with Gasteiger partial charge in [-0.25, -0.2) is 17.5 Å². The Balaban J connectivity index is 2.23. The number of anilines is 1. The van der Waals surface area contributed by atoms with Gasteiger partial charge in [-0.1, -0.05) is 19.9 Å². The standard InChI is InChI=1S/C19H23FN2O4S/c1-12(2)18(11-23)22-27(25,26)16-6-4-5-14(10-16)19(24)21-15-7-8-17(20)13(3)9-15/h4-10,12,18,22-23H,11H2,1-3H3,(H,21,24)/t18-/m1/s1. The monoisotopic (exact) mass is 394 g/mol. The Morgan fingerprint density at radius 1 is 1.19 bits per heavy atom. The number of aliphatic hydroxyl groups is 1. The fraction of sp³-hybridized carbons (Fsp3) is 0.316. The van der Waals surface area contributed by atoms with Gasteiger partial charge in [-0.3, -0.25) is 4.79 Å². The maximum absolute atomic E-state index is 13.3. The van der Waals surface area contributed by atoms with Crippen molar-refractivity contribution in [3.05, 3.63) is 59.4 Å². The first-order valence-electron chi connectivity index (χ1n) is 8.45. The molecular weight excluding hydrogens is 371 g/mol. The van der Waals surface area contributed by atoms with Gasteiger partial charge in [-0.2, -0.15) is 0 Å². The first-order valence-corrected chi connectivity index (χ1v) is 9.93. The molecule has 6 nitrogen and oxygen atoms in total. The Kier molecular flexibility index (Phi) is 6.69. The predicted octanol–water partition coefficient (Wildman–Crippen LogP) is 2.68. The van der Waals surface area contributed by atoms with Crippen LogP contribution in [0.25, 0.3) is 0 Å². The number of aliphatic hydroxyl groups excluding tert-OH is 1. The molecule has 146 valence electrons. The number of rotatable bonds is 7. The molecule has 2 aromatic rings. The van der Waals surface area contributed by atoms with E-state index in [2.05, 4.69) is 10.0 Å². The van der Waals surface area contributed by atoms with Gasteiger partial charge in [0.1, 0.15) is 5.82 Å². The van der Waals surface area contributed by atoms with Crippen LogP contribution in [0.1, 0.15) is 29.8 Å². The number of nitrogens with one attached hydrogen (secondary N) is 2. The second-order valence-electron chi connectivity index (χ2n) is 6.60. The summed E-state index contributed by atoms with van der Waals surface area (Å²) in [6.07, 6.45) is 0. The van der Waals surface area contributed by atoms with Crippen molar-refractivity contribution in [3.8, 4) is 0 Å². The smallest absolute Gasteiger partial charge is 0.255 e. The second kappa shape index (κ2) is 8.60. The van der Waals surface area contributed by atoms with Crippen LogP contribution in [0.5, 0.6) is 0 Å². The molecule has 0 spiro atoms. The van der Waals surface area contributed by atoms with E-state index in [-0.39, 0.29) is 28.8 Å². The van der Waals surface area contributed by atoms with Crippen molar-refractivity contribution in [2.45, 2.75) is 31.7 Å². The van der Waals surface area contributed by atoms with E-state index in [0.29, 0.717) is 11.3 Å². The Labute approximate surface area is 158 Å². The van der Waals surface area contributed by atoms with Crippen LogP contribution in [-0.4, -0.2) is 32.1 Å². The molecule has 2 aromatic carbocycles. The van der Waals surface area contributed by atoms with Crippen molar-refractivity contribution in [1.82, 2.24) is 4.72 Å². The summed E-state index contributed by atoms with van der Waals surface area (Å²) in [5.74, 6) is -0.991. The number of carbonyl (C=O) groups is 1. The number of amides is 1. The highest BCUT2D eigenvalue weighted by Gasteiger charge is 2.22. The van der Waals surface area contributed by atoms with Gasteiger partial charge in [0.2, 0.25) is 10.0 Å². The van der Waals surface area contributed by atoms with Gasteiger partial charge >= 0.3 is 0 Å². The lowest BCUT2D eigenvalue weighted by Crippen LogP contribution is -2.41. The van der Waals surface area contributed by atoms with Gasteiger partial charge in [-0.05, 0) is 54.8 Å². The molecule has 0 radical (unpaired) electrons. The van der Waals surface area contributed by atoms with Crippen LogP contribution in [0.2, 0.25) is 0 Å². The van der Waals surface area contributed by atoms with Crippen molar-refractivity contribution in [2.75, 3.05) is 11.9 Å². The summed E-state index contributed by atoms with van der Waals surface area (Å²) in [6.45, 7) is 4.83. The van der Waals surface area contributed by atoms with E-state index in [1.54, 1.807) is 20.8 Å². The highest BCUT2D eigenvalue weighted by molar-refractivity contribution is 7.89. The highest BCUT2D eigenvalue weighted by atomic mass is 32.2. The number of sulfonamides is 1. The van der Waals surface area contributed by atoms with Crippen LogP contribution >= 0.6 is 0 Å². The van der Waals surface area contributed by atoms with Crippen molar-refractivity contribution in [2.24, 2.45) is 5.92 Å². The van der Waals surface area contributed by atoms with Crippen LogP contribution in [0, 0.1) is 18.7 Å². The second-order valence-corrected chi connectivity index (χ2v) is 8.31. The molecule has 1 atom stereocenters. The minimum atomic E-state index is -3.90. The molecule has 1 amide bonds. The molecule has 0 saturated heterocycles. The minimum Gasteiger partial charge on any atom is -0.395 e. The molecule has 0 unspecified atom stereocenters. The van der Waals surface area contributed by atoms with Crippen LogP contribution < -0.4 is 10.0 Å². The van der Waals surface area contributed by atoms with Crippen molar-refractivity contribution < 1.29 is 22.7 Å². The zero-order valence-electron chi connectivity index (χ0n) is 15.4. The molecule has 0 aliphatic rings. The molecule has 0 heterocycles. The van der Waals surface area contributed by atoms with Gasteiger partial charge < -0.3 is 10.4 Å². The molecule has 0 aliphatic heterocycles. The molecular formula is C19H23FN2O4S. The van der Waals surface area contributed by atoms with Crippen molar-refractivity contribution in [3.63, 3.8) is 0 Å². The molecule has 0 aromatic heterocycles. The summed E-state index contributed by atoms with van der Waals surface area (Å²) in [4.78, 5) is 12.3. The number of carbonyl (C=O) groups excluding carboxylic acids is 1. The number of halogens is 1. The number of hydrogen-bond donors (Lipinski definition) is 3. The van der Waals surface area contributed by atoms with E-state index in [4.69, 9.17) is 0 Å². The zero-order chi connectivity index (χ0) is 20.2. The molecule has 8 heteroatoms. The Bertz CT molecular complexity index is 929. The average molecular weight is 394 g/mol. The Morgan fingerprint density at radius 2 is 1.89 bits per heavy atom. The van der Waals surface area contributed by atoms with Gasteiger partial charge in [-0.15, -0.1) is 0 Å². The molecule has 0 bridgehead atoms. The summed E-state index contributed by atoms with van der Waals surface area (Å²) < 4.78 is 40.8. The summed E-state index contributed by atoms with van der Waals surface area (Å²) in [5.41, 5.74) is 0.937. The van der Waals surface area contributed by atoms with Crippen LogP contribution in [0.3, 0.4) is 0 Å². The molecule has 3 N–H and O–H groups in total. The molecule has 0 saturated carbocycles. The van der Waals surface area contributed by atoms with Gasteiger partial charge in [0.05, 0.1) is 11.5 Å². The lowest BCUT2D eigenvalue weighted by atomic mass is 10.1. The van der Waals surface area contributed by atoms with Crippen LogP contribution in [0.4, 0.5) is 10.1 Å². The maximum atomic E-state index is 13.3. The van der Waals surface area contributed by atoms with E-state index in [1.165, 1.54) is 42.5 Å². The molecule has 0 fully saturated rings. The number of benzene rings is 2. The normalized spacial score (nSPS) is 12.8. The van der Waals surface area contributed by atoms with Gasteiger partial charge in [0, 0.05) is 17.3 Å². The summed E-state index contributed by atoms with van der Waals surface area (Å²) in [6, 6.07) is 9.10. The molecule has 2 rings (SSSR count). The summed E-state index contributed by atoms with van der Waals surface area (Å²) in [5, 5.41) is 12.0. The van der Waals surface area contributed by atoms with Crippen LogP contribution in [0.15, 0.2) is 47.4 Å². The Morgan fingerprint density at radius 3 is 2.48 bits per heavy atom. The topological polar surface area (TPSA) is 95.5 Å². The maximum Gasteiger partial charge on any atom is 0.255 e. The first-order chi connectivity index (χ1) is 12.6. The van der Waals surface area contributed by atoms with Gasteiger partial charge in [0.15, 0.2) is 0 Å². The number of aryl methyl sites for hydroxylation is 1. The van der Waals surface area contributed by atoms with E-state index < -0.39 is 22.0 Å². The third kappa shape index (κ3) is 5.35. The highest BCUT2D eigenvalue weighted by Crippen LogP contribution is 2.17. The fourth-order valence-electron chi connectivity index (χ4n) is 2.38. The summed E-state index contributed by atoms with van der Waals surface area (Å²) in [7, 11) is -3.90. The average Bonchev–Trinajstić information content (AvgIpc) is 2.62. The SMILES string of the molecule is Cc1cc(NC(=O)c2cccc(S(=O)(=O)N[C@H](CO)C(C)C)c2)ccc1F. The van der Waals surface area contributed by atoms with Crippen molar-refractivity contribution >= 4 is 21.6 Å². The lowest BCUT2D eigenvalue weighted by molar-refractivity contribution is 0.102. The zero-order valence-corrected chi connectivity index (χ0v) is 16.2. The number of hydrogen-bond acceptors (Lipinski definition) is 4. The van der Waals surface area contributed by atoms with E-state index in [0.717, 1.165) is 0 Å². The third-order valence-electron chi connectivity index (χ3n) is 4.13. The first kappa shape index (κ1) is 21.0. The summed E-state index contributed by atoms with van der Waals surface area (Å²) >= 11 is 0. The van der Waals surface area contributed by atoms with E-state index >= 15 is 0 Å². The molecule has 0 aliphatic carbocycles. The minimum absolute atomic E-state index is 0.0791. The molecule has 27 heavy (non-hydrogen) atoms. The third-order valence-corrected chi connectivity index (χ3v) is 5.62. The predicted molar refractivity (Wildman–Crippen MR) is 102 cm³/mol.